The van der Waals surface area contributed by atoms with E-state index in [0.717, 1.165) is 62.1 Å². The second-order valence-corrected chi connectivity index (χ2v) is 31.8. The quantitative estimate of drug-likeness (QED) is 0.0271. The molecule has 0 atom stereocenters. The van der Waals surface area contributed by atoms with Crippen LogP contribution in [0.5, 0.6) is 0 Å². The minimum atomic E-state index is -1.42. The number of carboxylic acids is 1. The molecule has 15 aromatic rings. The number of morpholine rings is 4. The Bertz CT molecular complexity index is 7020. The van der Waals surface area contributed by atoms with E-state index in [9.17, 15) is 37.9 Å². The van der Waals surface area contributed by atoms with Gasteiger partial charge in [-0.1, -0.05) is 40.9 Å². The van der Waals surface area contributed by atoms with E-state index >= 15 is 0 Å². The number of Topliss-reactive ketones (excluding diaryl/α,β-unsaturated/α-hetero) is 1. The number of halogens is 5. The molecule has 0 unspecified atom stereocenters. The molecular formula is C89H97BCl3F2LiN30O16. The van der Waals surface area contributed by atoms with Gasteiger partial charge < -0.3 is 125 Å². The van der Waals surface area contributed by atoms with Crippen molar-refractivity contribution in [3.8, 4) is 33.8 Å². The molecule has 738 valence electrons. The van der Waals surface area contributed by atoms with E-state index in [4.69, 9.17) is 108 Å². The van der Waals surface area contributed by atoms with Crippen LogP contribution in [0.25, 0.3) is 56.4 Å². The average molecular weight is 2010 g/mol. The van der Waals surface area contributed by atoms with E-state index in [2.05, 4.69) is 94.0 Å². The van der Waals surface area contributed by atoms with Gasteiger partial charge in [0.1, 0.15) is 57.0 Å². The summed E-state index contributed by atoms with van der Waals surface area (Å²) in [5, 5.41) is 27.3. The first kappa shape index (κ1) is 108. The smallest absolute Gasteiger partial charge is 0.870 e. The van der Waals surface area contributed by atoms with Gasteiger partial charge in [0.15, 0.2) is 96.4 Å². The molecule has 0 amide bonds. The number of aromatic carboxylic acids is 1. The number of hydrogen-bond acceptors (Lipinski definition) is 41. The van der Waals surface area contributed by atoms with Crippen LogP contribution in [0.4, 0.5) is 61.1 Å². The first-order chi connectivity index (χ1) is 67.3. The summed E-state index contributed by atoms with van der Waals surface area (Å²) in [6, 6.07) is 20.5. The average Bonchev–Trinajstić information content (AvgIpc) is 1.44. The Morgan fingerprint density at radius 2 is 0.718 bits per heavy atom. The van der Waals surface area contributed by atoms with Gasteiger partial charge in [-0.2, -0.15) is 0 Å². The number of nitrogen functional groups attached to an aromatic ring is 5. The number of fused-ring (bicyclic) bond motifs is 4. The number of esters is 3. The van der Waals surface area contributed by atoms with Crippen LogP contribution in [-0.2, 0) is 46.1 Å². The minimum absolute atomic E-state index is 0. The summed E-state index contributed by atoms with van der Waals surface area (Å²) in [5.41, 5.74) is 46.0. The number of anilines is 9. The molecule has 0 bridgehead atoms. The fourth-order valence-electron chi connectivity index (χ4n) is 14.3. The fourth-order valence-corrected chi connectivity index (χ4v) is 14.8. The Balaban J connectivity index is 0.000000164. The third-order valence-electron chi connectivity index (χ3n) is 21.6. The van der Waals surface area contributed by atoms with Crippen LogP contribution in [-0.4, -0.2) is 281 Å². The number of nitrogens with zero attached hydrogens (tertiary/aromatic N) is 24. The number of pyridine rings is 6. The number of carboxylic acid groups (broad SMARTS) is 1. The van der Waals surface area contributed by atoms with Crippen molar-refractivity contribution in [2.75, 3.05) is 175 Å². The standard InChI is InChI=1S/C24H24FN7O2.C18H20N6O3.C17H18N6O3.C10H13ClN4O3.C8H9BN2O2.C6H5Cl2N3O2.C6H7FN2.Li.H2O/c1-15-13-28-20-7-4-16(14-32(15)20)21-24(31-9-11-34-12-10-31)30-23(26)22(29-21)19(33)6-5-18-17(25)3-2-8-27-18;1-11-9-20-13-4-3-12(10-24(11)13)14-17(23-5-7-27-8-6-23)22-16(19)15(21-14)18(25)26-2;1-10-8-19-12-3-2-11(9-23(10)12)13-16(22-4-6-26-7-5-22)21-15(18)14(20-13)17(24)25;1-17-10(16)6-8(12)14-9(7(11)13-6)15-2-4-18-5-3-15;1-6-4-10-8-3-2-7(9(12)13)5-11(6)8;1-13-6(12)2-5(9)11-4(8)3(7)10-2;7-5-2-1-3-9-6(5)4-8;;/h2-4,7-8,13-14H,5-6,9-12H2,1H3,(H2,26,30);3-4,9-10H,5-8H2,1-2H3,(H2,19,22);2-3,8-9H,4-7H2,1H3,(H2,18,21)(H,24,25);2-5H2,1H3,(H2,12,14);2-5,12-13H,1H3;1H3,(H2,9,11);1-3H,4,8H2;;1H2/q;;;;;;;+1;/p-1. The Morgan fingerprint density at radius 3 is 1.08 bits per heavy atom. The van der Waals surface area contributed by atoms with Crippen LogP contribution in [0.1, 0.15) is 93.0 Å². The van der Waals surface area contributed by atoms with Crippen molar-refractivity contribution in [3.63, 3.8) is 0 Å². The summed E-state index contributed by atoms with van der Waals surface area (Å²) >= 11 is 17.0. The number of carbonyl (C=O) groups is 5. The van der Waals surface area contributed by atoms with Gasteiger partial charge in [0.2, 0.25) is 0 Å². The maximum absolute atomic E-state index is 14.0. The number of hydrogen-bond donors (Lipinski definition) is 9. The monoisotopic (exact) mass is 2000 g/mol. The molecule has 0 spiro atoms. The van der Waals surface area contributed by atoms with Gasteiger partial charge in [0.05, 0.1) is 85.6 Å². The van der Waals surface area contributed by atoms with Gasteiger partial charge in [-0.3, -0.25) is 14.8 Å². The van der Waals surface area contributed by atoms with Crippen molar-refractivity contribution in [2.24, 2.45) is 5.73 Å². The molecule has 46 nitrogen and oxygen atoms in total. The van der Waals surface area contributed by atoms with E-state index < -0.39 is 36.8 Å². The van der Waals surface area contributed by atoms with Crippen LogP contribution in [0.3, 0.4) is 0 Å². The summed E-state index contributed by atoms with van der Waals surface area (Å²) in [6.45, 7) is 17.8. The second-order valence-electron chi connectivity index (χ2n) is 30.8. The third kappa shape index (κ3) is 26.1. The van der Waals surface area contributed by atoms with Gasteiger partial charge >= 0.3 is 49.9 Å². The molecule has 0 aliphatic carbocycles. The Morgan fingerprint density at radius 1 is 0.408 bits per heavy atom. The van der Waals surface area contributed by atoms with Crippen LogP contribution in [0, 0.1) is 39.3 Å². The maximum Gasteiger partial charge on any atom is 1.00 e. The second kappa shape index (κ2) is 49.9. The van der Waals surface area contributed by atoms with Gasteiger partial charge in [-0.05, 0) is 106 Å². The van der Waals surface area contributed by atoms with E-state index in [1.807, 2.05) is 110 Å². The zero-order valence-electron chi connectivity index (χ0n) is 78.0. The van der Waals surface area contributed by atoms with Crippen LogP contribution < -0.4 is 78.3 Å². The van der Waals surface area contributed by atoms with Gasteiger partial charge in [-0.25, -0.2) is 97.7 Å². The molecule has 53 heteroatoms. The van der Waals surface area contributed by atoms with Crippen LogP contribution in [0.2, 0.25) is 15.5 Å². The summed E-state index contributed by atoms with van der Waals surface area (Å²) in [7, 11) is 2.31. The number of nitrogens with two attached hydrogens (primary N) is 6. The van der Waals surface area contributed by atoms with E-state index in [1.165, 1.54) is 58.0 Å². The van der Waals surface area contributed by atoms with E-state index in [-0.39, 0.29) is 134 Å². The molecule has 4 aliphatic rings. The van der Waals surface area contributed by atoms with E-state index in [1.54, 1.807) is 43.1 Å². The number of aryl methyl sites for hydroxylation is 5. The molecule has 19 rings (SSSR count). The number of ether oxygens (including phenoxy) is 7. The van der Waals surface area contributed by atoms with Crippen LogP contribution in [0.15, 0.2) is 135 Å². The van der Waals surface area contributed by atoms with Crippen molar-refractivity contribution in [3.05, 3.63) is 224 Å². The van der Waals surface area contributed by atoms with Crippen molar-refractivity contribution in [1.82, 2.24) is 97.3 Å². The largest absolute Gasteiger partial charge is 1.00 e. The van der Waals surface area contributed by atoms with Gasteiger partial charge in [0, 0.05) is 167 Å². The molecule has 0 aromatic carbocycles. The number of ketones is 1. The SMILES string of the molecule is COC(=O)c1nc(-c2ccc3ncc(C)n3c2)c(N2CCOCC2)nc1N.COC(=O)c1nc(Cl)c(Cl)nc1N.COC(=O)c1nc(Cl)c(N2CCOCC2)nc1N.Cc1cnc2ccc(-c3nc(C(=O)CCc4ncccc4F)c(N)nc3N3CCOCC3)cn12.Cc1cnc2ccc(-c3nc(C(=O)O)c(N)nc3N3CCOCC3)cn12.Cc1cnc2ccc(B(O)O)cn12.NCc1ncccc1F.[Li+].[OH-]. The molecule has 142 heavy (non-hydrogen) atoms. The molecule has 4 saturated heterocycles. The van der Waals surface area contributed by atoms with Crippen LogP contribution >= 0.6 is 34.8 Å². The number of rotatable bonds is 17. The molecule has 4 fully saturated rings. The van der Waals surface area contributed by atoms with Crippen molar-refractivity contribution < 1.29 is 105 Å². The molecule has 0 saturated carbocycles. The molecule has 16 N–H and O–H groups in total. The molecule has 19 heterocycles. The number of aromatic nitrogens is 20. The van der Waals surface area contributed by atoms with Crippen molar-refractivity contribution in [2.45, 2.75) is 47.1 Å². The zero-order valence-corrected chi connectivity index (χ0v) is 80.3. The first-order valence-corrected chi connectivity index (χ1v) is 44.2. The Hall–Kier alpha value is -14.7. The molecule has 4 aliphatic heterocycles. The number of methoxy groups -OCH3 is 3. The van der Waals surface area contributed by atoms with Gasteiger partial charge in [0.25, 0.3) is 0 Å². The predicted molar refractivity (Wildman–Crippen MR) is 518 cm³/mol. The zero-order chi connectivity index (χ0) is 100. The van der Waals surface area contributed by atoms with Crippen molar-refractivity contribution >= 4 is 152 Å². The Kier molecular flexibility index (Phi) is 37.9. The normalized spacial score (nSPS) is 13.3. The predicted octanol–water partition coefficient (Wildman–Crippen LogP) is 3.71. The number of carbonyl (C=O) groups excluding carboxylic acids is 4. The van der Waals surface area contributed by atoms with Gasteiger partial charge in [-0.15, -0.1) is 0 Å². The minimum Gasteiger partial charge on any atom is -0.870 e. The Labute approximate surface area is 835 Å². The number of imidazole rings is 4. The topological polar surface area (TPSA) is 634 Å². The summed E-state index contributed by atoms with van der Waals surface area (Å²) in [6.07, 6.45) is 17.7. The first-order valence-electron chi connectivity index (χ1n) is 43.0. The van der Waals surface area contributed by atoms with E-state index in [0.29, 0.717) is 157 Å². The van der Waals surface area contributed by atoms with Crippen molar-refractivity contribution in [1.29, 1.82) is 0 Å². The molecule has 0 radical (unpaired) electrons. The fraction of sp³-hybridized carbons (Fsp3) is 0.292. The molecule has 15 aromatic heterocycles. The maximum atomic E-state index is 14.0. The third-order valence-corrected chi connectivity index (χ3v) is 22.5. The summed E-state index contributed by atoms with van der Waals surface area (Å²) in [4.78, 5) is 134. The molecular weight excluding hydrogens is 1910 g/mol. The summed E-state index contributed by atoms with van der Waals surface area (Å²) < 4.78 is 69.3. The summed E-state index contributed by atoms with van der Waals surface area (Å²) in [5.74, 6) is -2.12.